The molecule has 4 atom stereocenters. The lowest BCUT2D eigenvalue weighted by Gasteiger charge is -2.26. The van der Waals surface area contributed by atoms with Crippen molar-refractivity contribution in [2.45, 2.75) is 38.0 Å². The first-order chi connectivity index (χ1) is 12.7. The Morgan fingerprint density at radius 3 is 2.41 bits per heavy atom. The number of allylic oxidation sites excluding steroid dienone is 1. The van der Waals surface area contributed by atoms with Crippen LogP contribution in [0.2, 0.25) is 0 Å². The van der Waals surface area contributed by atoms with Crippen molar-refractivity contribution in [3.05, 3.63) is 42.5 Å². The number of halogens is 3. The lowest BCUT2D eigenvalue weighted by molar-refractivity contribution is -0.174. The van der Waals surface area contributed by atoms with E-state index < -0.39 is 30.0 Å². The Balaban J connectivity index is 2.09. The number of carbonyl (C=O) groups is 2. The van der Waals surface area contributed by atoms with E-state index in [-0.39, 0.29) is 18.4 Å². The van der Waals surface area contributed by atoms with Crippen molar-refractivity contribution >= 4 is 11.8 Å². The van der Waals surface area contributed by atoms with Crippen molar-refractivity contribution in [2.24, 2.45) is 11.8 Å². The molecule has 27 heavy (non-hydrogen) atoms. The average molecular weight is 384 g/mol. The number of hydrogen-bond donors (Lipinski definition) is 2. The molecule has 0 radical (unpaired) electrons. The SMILES string of the molecule is C=C[C@H]1CC[C@H](NC(=O)C(F)(F)F)[C@@H]1C(=O)N[C@H](C)c1ccc(OC)cc1. The third kappa shape index (κ3) is 5.02. The lowest BCUT2D eigenvalue weighted by atomic mass is 9.92. The summed E-state index contributed by atoms with van der Waals surface area (Å²) in [5.41, 5.74) is 0.827. The highest BCUT2D eigenvalue weighted by molar-refractivity contribution is 5.85. The topological polar surface area (TPSA) is 67.4 Å². The van der Waals surface area contributed by atoms with Gasteiger partial charge in [0, 0.05) is 6.04 Å². The zero-order chi connectivity index (χ0) is 20.2. The first-order valence-corrected chi connectivity index (χ1v) is 8.62. The van der Waals surface area contributed by atoms with Crippen molar-refractivity contribution in [2.75, 3.05) is 7.11 Å². The highest BCUT2D eigenvalue weighted by Crippen LogP contribution is 2.34. The maximum absolute atomic E-state index is 12.7. The summed E-state index contributed by atoms with van der Waals surface area (Å²) in [5, 5.41) is 4.77. The minimum Gasteiger partial charge on any atom is -0.497 e. The van der Waals surface area contributed by atoms with Gasteiger partial charge in [0.1, 0.15) is 5.75 Å². The van der Waals surface area contributed by atoms with Gasteiger partial charge in [-0.2, -0.15) is 13.2 Å². The fourth-order valence-electron chi connectivity index (χ4n) is 3.37. The van der Waals surface area contributed by atoms with Crippen LogP contribution in [0.3, 0.4) is 0 Å². The quantitative estimate of drug-likeness (QED) is 0.741. The van der Waals surface area contributed by atoms with Crippen LogP contribution in [0.4, 0.5) is 13.2 Å². The first-order valence-electron chi connectivity index (χ1n) is 8.62. The molecular formula is C19H23F3N2O3. The Kier molecular flexibility index (Phi) is 6.51. The number of amides is 2. The van der Waals surface area contributed by atoms with E-state index >= 15 is 0 Å². The van der Waals surface area contributed by atoms with E-state index in [2.05, 4.69) is 11.9 Å². The molecule has 0 spiro atoms. The van der Waals surface area contributed by atoms with Crippen LogP contribution in [0.1, 0.15) is 31.4 Å². The molecule has 5 nitrogen and oxygen atoms in total. The second-order valence-electron chi connectivity index (χ2n) is 6.58. The standard InChI is InChI=1S/C19H23F3N2O3/c1-4-12-7-10-15(24-18(26)19(20,21)22)16(12)17(25)23-11(2)13-5-8-14(27-3)9-6-13/h4-6,8-9,11-12,15-16H,1,7,10H2,2-3H3,(H,23,25)(H,24,26)/t11-,12+,15+,16-/m1/s1. The van der Waals surface area contributed by atoms with Gasteiger partial charge in [-0.3, -0.25) is 9.59 Å². The van der Waals surface area contributed by atoms with E-state index in [0.717, 1.165) is 5.56 Å². The predicted molar refractivity (Wildman–Crippen MR) is 93.9 cm³/mol. The Bertz CT molecular complexity index is 688. The smallest absolute Gasteiger partial charge is 0.471 e. The largest absolute Gasteiger partial charge is 0.497 e. The molecule has 1 aromatic rings. The number of benzene rings is 1. The van der Waals surface area contributed by atoms with Gasteiger partial charge in [0.15, 0.2) is 0 Å². The molecule has 0 aromatic heterocycles. The van der Waals surface area contributed by atoms with Crippen molar-refractivity contribution in [1.29, 1.82) is 0 Å². The highest BCUT2D eigenvalue weighted by Gasteiger charge is 2.45. The van der Waals surface area contributed by atoms with Crippen molar-refractivity contribution < 1.29 is 27.5 Å². The van der Waals surface area contributed by atoms with Crippen LogP contribution in [0.25, 0.3) is 0 Å². The molecule has 8 heteroatoms. The monoisotopic (exact) mass is 384 g/mol. The molecule has 0 bridgehead atoms. The minimum absolute atomic E-state index is 0.285. The summed E-state index contributed by atoms with van der Waals surface area (Å²) in [6.07, 6.45) is -2.65. The van der Waals surface area contributed by atoms with Gasteiger partial charge in [0.05, 0.1) is 19.1 Å². The Hall–Kier alpha value is -2.51. The summed E-state index contributed by atoms with van der Waals surface area (Å²) in [7, 11) is 1.55. The van der Waals surface area contributed by atoms with Gasteiger partial charge in [-0.05, 0) is 43.4 Å². The average Bonchev–Trinajstić information content (AvgIpc) is 3.03. The van der Waals surface area contributed by atoms with Gasteiger partial charge < -0.3 is 15.4 Å². The molecule has 0 heterocycles. The molecule has 2 amide bonds. The first kappa shape index (κ1) is 20.8. The summed E-state index contributed by atoms with van der Waals surface area (Å²) in [4.78, 5) is 24.0. The number of alkyl halides is 3. The molecule has 148 valence electrons. The van der Waals surface area contributed by atoms with Crippen LogP contribution in [-0.4, -0.2) is 31.1 Å². The predicted octanol–water partition coefficient (Wildman–Crippen LogP) is 3.13. The molecule has 2 rings (SSSR count). The summed E-state index contributed by atoms with van der Waals surface area (Å²) < 4.78 is 42.8. The summed E-state index contributed by atoms with van der Waals surface area (Å²) in [5.74, 6) is -2.86. The Morgan fingerprint density at radius 1 is 1.26 bits per heavy atom. The maximum atomic E-state index is 12.7. The second-order valence-corrected chi connectivity index (χ2v) is 6.58. The van der Waals surface area contributed by atoms with Crippen LogP contribution < -0.4 is 15.4 Å². The normalized spacial score (nSPS) is 23.4. The van der Waals surface area contributed by atoms with Crippen molar-refractivity contribution in [3.63, 3.8) is 0 Å². The molecule has 1 aliphatic carbocycles. The van der Waals surface area contributed by atoms with E-state index in [4.69, 9.17) is 4.74 Å². The fraction of sp³-hybridized carbons (Fsp3) is 0.474. The van der Waals surface area contributed by atoms with Gasteiger partial charge in [0.2, 0.25) is 5.91 Å². The van der Waals surface area contributed by atoms with Gasteiger partial charge >= 0.3 is 12.1 Å². The number of methoxy groups -OCH3 is 1. The van der Waals surface area contributed by atoms with E-state index in [1.54, 1.807) is 44.4 Å². The third-order valence-corrected chi connectivity index (χ3v) is 4.86. The van der Waals surface area contributed by atoms with Crippen LogP contribution in [0.15, 0.2) is 36.9 Å². The van der Waals surface area contributed by atoms with E-state index in [9.17, 15) is 22.8 Å². The van der Waals surface area contributed by atoms with Crippen molar-refractivity contribution in [3.8, 4) is 5.75 Å². The molecule has 0 saturated heterocycles. The molecule has 1 aliphatic rings. The lowest BCUT2D eigenvalue weighted by Crippen LogP contribution is -2.49. The fourth-order valence-corrected chi connectivity index (χ4v) is 3.37. The Labute approximate surface area is 156 Å². The zero-order valence-corrected chi connectivity index (χ0v) is 15.2. The summed E-state index contributed by atoms with van der Waals surface area (Å²) >= 11 is 0. The number of ether oxygens (including phenoxy) is 1. The highest BCUT2D eigenvalue weighted by atomic mass is 19.4. The van der Waals surface area contributed by atoms with Gasteiger partial charge in [-0.1, -0.05) is 18.2 Å². The summed E-state index contributed by atoms with van der Waals surface area (Å²) in [6, 6.07) is 5.87. The molecule has 1 fully saturated rings. The second kappa shape index (κ2) is 8.45. The number of carbonyl (C=O) groups excluding carboxylic acids is 2. The maximum Gasteiger partial charge on any atom is 0.471 e. The van der Waals surface area contributed by atoms with Crippen LogP contribution in [0.5, 0.6) is 5.75 Å². The minimum atomic E-state index is -4.98. The number of hydrogen-bond acceptors (Lipinski definition) is 3. The van der Waals surface area contributed by atoms with E-state index in [1.165, 1.54) is 0 Å². The van der Waals surface area contributed by atoms with Crippen LogP contribution in [0, 0.1) is 11.8 Å². The number of rotatable bonds is 6. The molecule has 1 saturated carbocycles. The van der Waals surface area contributed by atoms with Crippen molar-refractivity contribution in [1.82, 2.24) is 10.6 Å². The summed E-state index contributed by atoms with van der Waals surface area (Å²) in [6.45, 7) is 5.44. The molecule has 2 N–H and O–H groups in total. The third-order valence-electron chi connectivity index (χ3n) is 4.86. The van der Waals surface area contributed by atoms with Gasteiger partial charge in [-0.15, -0.1) is 6.58 Å². The number of nitrogens with one attached hydrogen (secondary N) is 2. The Morgan fingerprint density at radius 2 is 1.89 bits per heavy atom. The van der Waals surface area contributed by atoms with Crippen LogP contribution in [-0.2, 0) is 9.59 Å². The molecular weight excluding hydrogens is 361 g/mol. The van der Waals surface area contributed by atoms with Crippen LogP contribution >= 0.6 is 0 Å². The van der Waals surface area contributed by atoms with Gasteiger partial charge in [-0.25, -0.2) is 0 Å². The zero-order valence-electron chi connectivity index (χ0n) is 15.2. The van der Waals surface area contributed by atoms with E-state index in [1.807, 2.05) is 5.32 Å². The molecule has 1 aromatic carbocycles. The molecule has 0 unspecified atom stereocenters. The molecule has 0 aliphatic heterocycles. The van der Waals surface area contributed by atoms with E-state index in [0.29, 0.717) is 12.2 Å². The van der Waals surface area contributed by atoms with Gasteiger partial charge in [0.25, 0.3) is 0 Å².